The Morgan fingerprint density at radius 3 is 2.79 bits per heavy atom. The van der Waals surface area contributed by atoms with Crippen molar-refractivity contribution < 1.29 is 14.3 Å². The van der Waals surface area contributed by atoms with Gasteiger partial charge in [0.25, 0.3) is 0 Å². The number of nitrogens with two attached hydrogens (primary N) is 1. The third-order valence-electron chi connectivity index (χ3n) is 3.52. The molecule has 0 spiro atoms. The summed E-state index contributed by atoms with van der Waals surface area (Å²) in [5.74, 6) is 1.44. The molecule has 0 radical (unpaired) electrons. The van der Waals surface area contributed by atoms with Gasteiger partial charge < -0.3 is 20.1 Å². The summed E-state index contributed by atoms with van der Waals surface area (Å²) in [6.07, 6.45) is 2.57. The van der Waals surface area contributed by atoms with Crippen LogP contribution < -0.4 is 20.1 Å². The molecule has 0 saturated carbocycles. The van der Waals surface area contributed by atoms with Crippen LogP contribution >= 0.6 is 0 Å². The Kier molecular flexibility index (Phi) is 3.29. The van der Waals surface area contributed by atoms with Gasteiger partial charge in [-0.05, 0) is 25.0 Å². The second-order valence-electron chi connectivity index (χ2n) is 4.92. The van der Waals surface area contributed by atoms with Crippen molar-refractivity contribution in [3.63, 3.8) is 0 Å². The van der Waals surface area contributed by atoms with Gasteiger partial charge in [-0.15, -0.1) is 0 Å². The third-order valence-corrected chi connectivity index (χ3v) is 3.52. The van der Waals surface area contributed by atoms with E-state index < -0.39 is 0 Å². The molecular weight excluding hydrogens is 244 g/mol. The summed E-state index contributed by atoms with van der Waals surface area (Å²) in [6, 6.07) is 5.24. The minimum absolute atomic E-state index is 0.0132. The van der Waals surface area contributed by atoms with Gasteiger partial charge in [-0.2, -0.15) is 0 Å². The van der Waals surface area contributed by atoms with Gasteiger partial charge in [0.05, 0.1) is 19.3 Å². The molecule has 1 fully saturated rings. The molecule has 0 aromatic heterocycles. The molecule has 2 aliphatic heterocycles. The second-order valence-corrected chi connectivity index (χ2v) is 4.92. The average Bonchev–Trinajstić information content (AvgIpc) is 2.66. The molecule has 3 rings (SSSR count). The summed E-state index contributed by atoms with van der Waals surface area (Å²) in [6.45, 7) is 2.02. The van der Waals surface area contributed by atoms with Gasteiger partial charge in [0.15, 0.2) is 11.5 Å². The lowest BCUT2D eigenvalue weighted by molar-refractivity contribution is -0.120. The van der Waals surface area contributed by atoms with Crippen molar-refractivity contribution in [2.75, 3.05) is 24.7 Å². The minimum atomic E-state index is -0.385. The number of carbonyl (C=O) groups is 1. The van der Waals surface area contributed by atoms with Crippen LogP contribution in [0, 0.1) is 0 Å². The largest absolute Gasteiger partial charge is 0.490 e. The van der Waals surface area contributed by atoms with Crippen molar-refractivity contribution in [3.05, 3.63) is 18.2 Å². The van der Waals surface area contributed by atoms with Crippen LogP contribution in [0.5, 0.6) is 11.5 Å². The molecule has 102 valence electrons. The third kappa shape index (κ3) is 2.38. The van der Waals surface area contributed by atoms with Gasteiger partial charge in [0.2, 0.25) is 5.91 Å². The van der Waals surface area contributed by atoms with E-state index in [0.29, 0.717) is 25.5 Å². The number of fused-ring (bicyclic) bond motifs is 1. The lowest BCUT2D eigenvalue weighted by Gasteiger charge is -2.30. The van der Waals surface area contributed by atoms with Crippen LogP contribution in [-0.4, -0.2) is 31.7 Å². The van der Waals surface area contributed by atoms with E-state index in [0.717, 1.165) is 30.7 Å². The van der Waals surface area contributed by atoms with Crippen LogP contribution in [0.2, 0.25) is 0 Å². The number of hydrogen-bond acceptors (Lipinski definition) is 4. The molecule has 1 aromatic rings. The summed E-state index contributed by atoms with van der Waals surface area (Å²) < 4.78 is 11.2. The molecular formula is C14H18N2O3. The van der Waals surface area contributed by atoms with Crippen LogP contribution in [0.15, 0.2) is 18.2 Å². The maximum Gasteiger partial charge on any atom is 0.243 e. The van der Waals surface area contributed by atoms with E-state index in [1.807, 2.05) is 18.2 Å². The van der Waals surface area contributed by atoms with Gasteiger partial charge >= 0.3 is 0 Å². The number of hydrogen-bond donors (Lipinski definition) is 1. The van der Waals surface area contributed by atoms with E-state index >= 15 is 0 Å². The number of nitrogens with zero attached hydrogens (tertiary/aromatic N) is 1. The van der Waals surface area contributed by atoms with Crippen LogP contribution in [0.1, 0.15) is 19.3 Å². The van der Waals surface area contributed by atoms with Crippen molar-refractivity contribution in [2.24, 2.45) is 5.73 Å². The Morgan fingerprint density at radius 2 is 1.95 bits per heavy atom. The summed E-state index contributed by atoms with van der Waals surface area (Å²) in [5.41, 5.74) is 6.66. The predicted molar refractivity (Wildman–Crippen MR) is 71.6 cm³/mol. The highest BCUT2D eigenvalue weighted by atomic mass is 16.5. The molecule has 1 saturated heterocycles. The minimum Gasteiger partial charge on any atom is -0.490 e. The Balaban J connectivity index is 1.89. The molecule has 1 atom stereocenters. The normalized spacial score (nSPS) is 23.1. The van der Waals surface area contributed by atoms with Crippen LogP contribution in [-0.2, 0) is 4.79 Å². The first kappa shape index (κ1) is 12.3. The Labute approximate surface area is 112 Å². The SMILES string of the molecule is NC1CCCN(c2ccc3c(c2)OCCCO3)C1=O. The smallest absolute Gasteiger partial charge is 0.243 e. The number of anilines is 1. The molecule has 1 unspecified atom stereocenters. The van der Waals surface area contributed by atoms with Crippen LogP contribution in [0.3, 0.4) is 0 Å². The molecule has 0 aliphatic carbocycles. The average molecular weight is 262 g/mol. The lowest BCUT2D eigenvalue weighted by Crippen LogP contribution is -2.48. The van der Waals surface area contributed by atoms with Gasteiger partial charge in [-0.1, -0.05) is 0 Å². The lowest BCUT2D eigenvalue weighted by atomic mass is 10.0. The van der Waals surface area contributed by atoms with E-state index in [9.17, 15) is 4.79 Å². The van der Waals surface area contributed by atoms with Crippen molar-refractivity contribution >= 4 is 11.6 Å². The molecule has 5 heteroatoms. The number of piperidine rings is 1. The van der Waals surface area contributed by atoms with E-state index in [1.54, 1.807) is 4.90 Å². The van der Waals surface area contributed by atoms with Crippen molar-refractivity contribution in [1.29, 1.82) is 0 Å². The zero-order chi connectivity index (χ0) is 13.2. The highest BCUT2D eigenvalue weighted by Gasteiger charge is 2.27. The second kappa shape index (κ2) is 5.09. The molecule has 0 bridgehead atoms. The van der Waals surface area contributed by atoms with Crippen LogP contribution in [0.4, 0.5) is 5.69 Å². The number of amides is 1. The quantitative estimate of drug-likeness (QED) is 0.828. The number of carbonyl (C=O) groups excluding carboxylic acids is 1. The van der Waals surface area contributed by atoms with Crippen molar-refractivity contribution in [1.82, 2.24) is 0 Å². The Hall–Kier alpha value is -1.75. The fourth-order valence-electron chi connectivity index (χ4n) is 2.48. The Bertz CT molecular complexity index is 490. The highest BCUT2D eigenvalue weighted by Crippen LogP contribution is 2.34. The van der Waals surface area contributed by atoms with Crippen molar-refractivity contribution in [2.45, 2.75) is 25.3 Å². The topological polar surface area (TPSA) is 64.8 Å². The number of benzene rings is 1. The summed E-state index contributed by atoms with van der Waals surface area (Å²) in [7, 11) is 0. The highest BCUT2D eigenvalue weighted by molar-refractivity contribution is 5.98. The first-order valence-electron chi connectivity index (χ1n) is 6.72. The zero-order valence-electron chi connectivity index (χ0n) is 10.8. The molecule has 1 amide bonds. The summed E-state index contributed by atoms with van der Waals surface area (Å²) >= 11 is 0. The van der Waals surface area contributed by atoms with Crippen LogP contribution in [0.25, 0.3) is 0 Å². The molecule has 5 nitrogen and oxygen atoms in total. The van der Waals surface area contributed by atoms with E-state index in [-0.39, 0.29) is 11.9 Å². The van der Waals surface area contributed by atoms with E-state index in [2.05, 4.69) is 0 Å². The van der Waals surface area contributed by atoms with E-state index in [1.165, 1.54) is 0 Å². The number of ether oxygens (including phenoxy) is 2. The van der Waals surface area contributed by atoms with Gasteiger partial charge in [0, 0.05) is 24.7 Å². The first-order chi connectivity index (χ1) is 9.25. The van der Waals surface area contributed by atoms with E-state index in [4.69, 9.17) is 15.2 Å². The maximum absolute atomic E-state index is 12.1. The van der Waals surface area contributed by atoms with Gasteiger partial charge in [-0.3, -0.25) is 4.79 Å². The molecule has 1 aromatic carbocycles. The first-order valence-corrected chi connectivity index (χ1v) is 6.72. The standard InChI is InChI=1S/C14H18N2O3/c15-11-3-1-6-16(14(11)17)10-4-5-12-13(9-10)19-8-2-7-18-12/h4-5,9,11H,1-3,6-8,15H2. The van der Waals surface area contributed by atoms with Crippen molar-refractivity contribution in [3.8, 4) is 11.5 Å². The molecule has 2 aliphatic rings. The Morgan fingerprint density at radius 1 is 1.16 bits per heavy atom. The van der Waals surface area contributed by atoms with Gasteiger partial charge in [0.1, 0.15) is 0 Å². The predicted octanol–water partition coefficient (Wildman–Crippen LogP) is 1.30. The molecule has 19 heavy (non-hydrogen) atoms. The maximum atomic E-state index is 12.1. The fourth-order valence-corrected chi connectivity index (χ4v) is 2.48. The summed E-state index contributed by atoms with van der Waals surface area (Å²) in [4.78, 5) is 13.8. The number of rotatable bonds is 1. The molecule has 2 heterocycles. The molecule has 2 N–H and O–H groups in total. The fraction of sp³-hybridized carbons (Fsp3) is 0.500. The summed E-state index contributed by atoms with van der Waals surface area (Å²) in [5, 5.41) is 0. The van der Waals surface area contributed by atoms with Gasteiger partial charge in [-0.25, -0.2) is 0 Å². The zero-order valence-corrected chi connectivity index (χ0v) is 10.8. The monoisotopic (exact) mass is 262 g/mol.